The van der Waals surface area contributed by atoms with Gasteiger partial charge in [0.05, 0.1) is 17.1 Å². The molecule has 3 aliphatic rings. The summed E-state index contributed by atoms with van der Waals surface area (Å²) in [5, 5.41) is 14.8. The van der Waals surface area contributed by atoms with Gasteiger partial charge in [0, 0.05) is 36.3 Å². The van der Waals surface area contributed by atoms with E-state index < -0.39 is 12.1 Å². The Kier molecular flexibility index (Phi) is 9.78. The molecule has 2 N–H and O–H groups in total. The maximum Gasteiger partial charge on any atom is 0.408 e. The molecule has 2 aliphatic heterocycles. The Balaban J connectivity index is 1.22. The van der Waals surface area contributed by atoms with Crippen LogP contribution in [-0.4, -0.2) is 77.9 Å². The molecule has 0 aromatic heterocycles. The highest BCUT2D eigenvalue weighted by molar-refractivity contribution is 6.32. The van der Waals surface area contributed by atoms with Gasteiger partial charge in [-0.1, -0.05) is 53.5 Å². The summed E-state index contributed by atoms with van der Waals surface area (Å²) in [6, 6.07) is 18.5. The van der Waals surface area contributed by atoms with Crippen LogP contribution < -0.4 is 14.8 Å². The number of halogens is 2. The summed E-state index contributed by atoms with van der Waals surface area (Å²) in [7, 11) is 0. The number of nitrogens with one attached hydrogen (secondary N) is 1. The fraction of sp³-hybridized carbons (Fsp3) is 0.389. The Labute approximate surface area is 279 Å². The number of piperazine rings is 1. The van der Waals surface area contributed by atoms with Crippen LogP contribution in [0.4, 0.5) is 4.79 Å². The number of aryl methyl sites for hydroxylation is 2. The van der Waals surface area contributed by atoms with Gasteiger partial charge in [-0.25, -0.2) is 4.79 Å². The van der Waals surface area contributed by atoms with E-state index in [1.165, 1.54) is 4.90 Å². The van der Waals surface area contributed by atoms with Crippen LogP contribution in [0.1, 0.15) is 41.5 Å². The van der Waals surface area contributed by atoms with Crippen molar-refractivity contribution < 1.29 is 24.2 Å². The van der Waals surface area contributed by atoms with E-state index in [-0.39, 0.29) is 18.0 Å². The molecule has 2 amide bonds. The molecule has 6 rings (SSSR count). The van der Waals surface area contributed by atoms with Crippen molar-refractivity contribution in [3.63, 3.8) is 0 Å². The van der Waals surface area contributed by atoms with Crippen LogP contribution in [-0.2, 0) is 11.2 Å². The normalized spacial score (nSPS) is 19.2. The first-order valence-electron chi connectivity index (χ1n) is 15.8. The quantitative estimate of drug-likeness (QED) is 0.220. The monoisotopic (exact) mass is 663 g/mol. The van der Waals surface area contributed by atoms with E-state index in [0.29, 0.717) is 72.8 Å². The van der Waals surface area contributed by atoms with Crippen molar-refractivity contribution in [2.24, 2.45) is 0 Å². The predicted molar refractivity (Wildman–Crippen MR) is 180 cm³/mol. The van der Waals surface area contributed by atoms with Gasteiger partial charge in [0.2, 0.25) is 0 Å². The van der Waals surface area contributed by atoms with Crippen LogP contribution in [0.2, 0.25) is 10.0 Å². The molecule has 1 saturated heterocycles. The largest absolute Gasteiger partial charge is 0.490 e. The van der Waals surface area contributed by atoms with E-state index in [2.05, 4.69) is 5.32 Å². The molecule has 2 heterocycles. The van der Waals surface area contributed by atoms with Crippen LogP contribution in [0.25, 0.3) is 5.57 Å². The van der Waals surface area contributed by atoms with Gasteiger partial charge in [0.25, 0.3) is 5.91 Å². The van der Waals surface area contributed by atoms with Crippen molar-refractivity contribution in [2.45, 2.75) is 57.7 Å². The number of rotatable bonds is 11. The van der Waals surface area contributed by atoms with Gasteiger partial charge in [0.1, 0.15) is 24.7 Å². The summed E-state index contributed by atoms with van der Waals surface area (Å²) < 4.78 is 11.8. The number of fused-ring (bicyclic) bond motifs is 2. The summed E-state index contributed by atoms with van der Waals surface area (Å²) in [6.45, 7) is 6.14. The van der Waals surface area contributed by atoms with E-state index in [1.807, 2.05) is 79.4 Å². The number of amides is 2. The van der Waals surface area contributed by atoms with Crippen molar-refractivity contribution in [2.75, 3.05) is 32.8 Å². The molecule has 0 spiro atoms. The summed E-state index contributed by atoms with van der Waals surface area (Å²) in [5.41, 5.74) is 5.58. The number of ether oxygens (including phenoxy) is 2. The van der Waals surface area contributed by atoms with E-state index in [0.717, 1.165) is 40.7 Å². The average Bonchev–Trinajstić information content (AvgIpc) is 3.88. The molecule has 0 radical (unpaired) electrons. The summed E-state index contributed by atoms with van der Waals surface area (Å²) in [5.74, 6) is 1.22. The van der Waals surface area contributed by atoms with E-state index in [9.17, 15) is 14.7 Å². The number of benzene rings is 3. The first-order chi connectivity index (χ1) is 22.2. The fourth-order valence-electron chi connectivity index (χ4n) is 6.49. The molecule has 3 aromatic carbocycles. The van der Waals surface area contributed by atoms with Gasteiger partial charge in [-0.3, -0.25) is 9.69 Å². The summed E-state index contributed by atoms with van der Waals surface area (Å²) in [4.78, 5) is 30.4. The Morgan fingerprint density at radius 3 is 2.39 bits per heavy atom. The number of carbonyl (C=O) groups is 2. The lowest BCUT2D eigenvalue weighted by atomic mass is 9.82. The molecule has 2 fully saturated rings. The van der Waals surface area contributed by atoms with E-state index in [1.54, 1.807) is 0 Å². The van der Waals surface area contributed by atoms with Crippen molar-refractivity contribution in [1.82, 2.24) is 15.1 Å². The zero-order valence-corrected chi connectivity index (χ0v) is 27.6. The number of carboxylic acid groups (broad SMARTS) is 1. The minimum atomic E-state index is -0.997. The zero-order valence-electron chi connectivity index (χ0n) is 26.1. The van der Waals surface area contributed by atoms with Crippen LogP contribution in [0.3, 0.4) is 0 Å². The molecule has 1 aliphatic carbocycles. The van der Waals surface area contributed by atoms with E-state index >= 15 is 0 Å². The van der Waals surface area contributed by atoms with Crippen LogP contribution in [0, 0.1) is 13.8 Å². The van der Waals surface area contributed by atoms with Crippen molar-refractivity contribution in [1.29, 1.82) is 0 Å². The highest BCUT2D eigenvalue weighted by atomic mass is 35.5. The van der Waals surface area contributed by atoms with Gasteiger partial charge in [-0.15, -0.1) is 0 Å². The molecule has 1 saturated carbocycles. The van der Waals surface area contributed by atoms with Crippen molar-refractivity contribution >= 4 is 40.8 Å². The van der Waals surface area contributed by atoms with Crippen LogP contribution in [0.5, 0.6) is 11.5 Å². The standard InChI is InChI=1S/C36H39Cl2N3O5/c1-22-17-31(38)33(18-23(22)2)46-16-15-45-28-11-7-24(8-12-28)29-19-27-20-39-21-32(41(27)36(43)44)34(29)35(42)40(26-9-10-26)14-13-25-5-3-4-6-30(25)37/h3-8,11-12,17-18,26-27,32,39H,9-10,13-16,19-21H2,1-2H3,(H,43,44)/t27-,32-/m1/s1. The second kappa shape index (κ2) is 14.0. The van der Waals surface area contributed by atoms with E-state index in [4.69, 9.17) is 32.7 Å². The lowest BCUT2D eigenvalue weighted by Crippen LogP contribution is -2.63. The van der Waals surface area contributed by atoms with Crippen molar-refractivity contribution in [3.8, 4) is 11.5 Å². The van der Waals surface area contributed by atoms with Gasteiger partial charge >= 0.3 is 6.09 Å². The van der Waals surface area contributed by atoms with Crippen molar-refractivity contribution in [3.05, 3.63) is 98.5 Å². The number of hydrogen-bond acceptors (Lipinski definition) is 5. The minimum absolute atomic E-state index is 0.0922. The van der Waals surface area contributed by atoms with Crippen LogP contribution >= 0.6 is 23.2 Å². The Morgan fingerprint density at radius 2 is 1.67 bits per heavy atom. The number of nitrogens with zero attached hydrogens (tertiary/aromatic N) is 2. The predicted octanol–water partition coefficient (Wildman–Crippen LogP) is 6.78. The summed E-state index contributed by atoms with van der Waals surface area (Å²) in [6.07, 6.45) is 1.96. The lowest BCUT2D eigenvalue weighted by molar-refractivity contribution is -0.128. The number of hydrogen-bond donors (Lipinski definition) is 2. The second-order valence-electron chi connectivity index (χ2n) is 12.3. The third-order valence-electron chi connectivity index (χ3n) is 9.19. The fourth-order valence-corrected chi connectivity index (χ4v) is 7.00. The smallest absolute Gasteiger partial charge is 0.408 e. The van der Waals surface area contributed by atoms with Gasteiger partial charge in [-0.2, -0.15) is 0 Å². The maximum atomic E-state index is 14.5. The average molecular weight is 665 g/mol. The molecule has 2 bridgehead atoms. The minimum Gasteiger partial charge on any atom is -0.490 e. The molecule has 2 atom stereocenters. The summed E-state index contributed by atoms with van der Waals surface area (Å²) >= 11 is 12.8. The highest BCUT2D eigenvalue weighted by Gasteiger charge is 2.46. The Bertz CT molecular complexity index is 1640. The molecular formula is C36H39Cl2N3O5. The molecular weight excluding hydrogens is 625 g/mol. The highest BCUT2D eigenvalue weighted by Crippen LogP contribution is 2.40. The maximum absolute atomic E-state index is 14.5. The van der Waals surface area contributed by atoms with Gasteiger partial charge in [0.15, 0.2) is 0 Å². The molecule has 10 heteroatoms. The van der Waals surface area contributed by atoms with Gasteiger partial charge < -0.3 is 24.8 Å². The first-order valence-corrected chi connectivity index (χ1v) is 16.6. The molecule has 46 heavy (non-hydrogen) atoms. The Morgan fingerprint density at radius 1 is 0.957 bits per heavy atom. The third kappa shape index (κ3) is 6.99. The van der Waals surface area contributed by atoms with Gasteiger partial charge in [-0.05, 0) is 97.7 Å². The molecule has 0 unspecified atom stereocenters. The third-order valence-corrected chi connectivity index (χ3v) is 9.85. The zero-order chi connectivity index (χ0) is 32.4. The Hall–Kier alpha value is -3.72. The topological polar surface area (TPSA) is 91.3 Å². The lowest BCUT2D eigenvalue weighted by Gasteiger charge is -2.47. The first kappa shape index (κ1) is 32.2. The second-order valence-corrected chi connectivity index (χ2v) is 13.1. The SMILES string of the molecule is Cc1cc(Cl)c(OCCOc2ccc(C3=C(C(=O)N(CCc4ccccc4Cl)C4CC4)[C@H]4CNC[C@@H](C3)N4C(=O)O)cc2)cc1C. The van der Waals surface area contributed by atoms with Crippen LogP contribution in [0.15, 0.2) is 66.2 Å². The molecule has 8 nitrogen and oxygen atoms in total. The molecule has 242 valence electrons. The number of carbonyl (C=O) groups excluding carboxylic acids is 1. The molecule has 3 aromatic rings.